The van der Waals surface area contributed by atoms with Crippen molar-refractivity contribution in [2.45, 2.75) is 6.92 Å². The van der Waals surface area contributed by atoms with E-state index >= 15 is 0 Å². The molecule has 1 heterocycles. The van der Waals surface area contributed by atoms with Gasteiger partial charge in [-0.15, -0.1) is 0 Å². The topological polar surface area (TPSA) is 90.7 Å². The summed E-state index contributed by atoms with van der Waals surface area (Å²) in [6.45, 7) is 1.99. The van der Waals surface area contributed by atoms with Gasteiger partial charge in [0.25, 0.3) is 0 Å². The molecule has 2 aromatic rings. The van der Waals surface area contributed by atoms with Crippen LogP contribution < -0.4 is 11.5 Å². The van der Waals surface area contributed by atoms with Crippen molar-refractivity contribution in [3.05, 3.63) is 28.2 Å². The molecule has 0 saturated heterocycles. The zero-order valence-corrected chi connectivity index (χ0v) is 10.2. The van der Waals surface area contributed by atoms with Crippen molar-refractivity contribution in [2.24, 2.45) is 0 Å². The van der Waals surface area contributed by atoms with Crippen LogP contribution in [0.5, 0.6) is 0 Å². The summed E-state index contributed by atoms with van der Waals surface area (Å²) in [4.78, 5) is 11.8. The molecular weight excluding hydrogens is 270 g/mol. The molecule has 82 valence electrons. The molecule has 0 unspecified atom stereocenters. The van der Waals surface area contributed by atoms with E-state index in [1.807, 2.05) is 25.1 Å². The number of halogens is 1. The summed E-state index contributed by atoms with van der Waals surface area (Å²) in [5.41, 5.74) is 13.0. The van der Waals surface area contributed by atoms with Crippen LogP contribution in [0, 0.1) is 6.92 Å². The fourth-order valence-electron chi connectivity index (χ4n) is 1.35. The Kier molecular flexibility index (Phi) is 2.74. The summed E-state index contributed by atoms with van der Waals surface area (Å²) in [5.74, 6) is 0.715. The number of aromatic nitrogens is 3. The van der Waals surface area contributed by atoms with Crippen molar-refractivity contribution in [1.29, 1.82) is 0 Å². The maximum absolute atomic E-state index is 5.53. The van der Waals surface area contributed by atoms with Gasteiger partial charge < -0.3 is 11.5 Å². The molecule has 0 aliphatic rings. The van der Waals surface area contributed by atoms with Crippen molar-refractivity contribution < 1.29 is 0 Å². The molecule has 2 rings (SSSR count). The maximum atomic E-state index is 5.53. The van der Waals surface area contributed by atoms with Gasteiger partial charge in [-0.1, -0.05) is 18.2 Å². The molecule has 16 heavy (non-hydrogen) atoms. The zero-order valence-electron chi connectivity index (χ0n) is 8.61. The van der Waals surface area contributed by atoms with Crippen LogP contribution >= 0.6 is 15.9 Å². The second-order valence-corrected chi connectivity index (χ2v) is 4.10. The first-order valence-electron chi connectivity index (χ1n) is 4.60. The Bertz CT molecular complexity index is 520. The van der Waals surface area contributed by atoms with Crippen LogP contribution in [0.3, 0.4) is 0 Å². The number of rotatable bonds is 1. The third-order valence-electron chi connectivity index (χ3n) is 2.10. The number of hydrogen-bond acceptors (Lipinski definition) is 5. The molecule has 0 amide bonds. The van der Waals surface area contributed by atoms with Crippen LogP contribution in [0.15, 0.2) is 22.7 Å². The van der Waals surface area contributed by atoms with Gasteiger partial charge in [-0.25, -0.2) is 0 Å². The summed E-state index contributed by atoms with van der Waals surface area (Å²) >= 11 is 3.48. The van der Waals surface area contributed by atoms with Crippen molar-refractivity contribution in [3.63, 3.8) is 0 Å². The number of anilines is 2. The summed E-state index contributed by atoms with van der Waals surface area (Å²) in [7, 11) is 0. The van der Waals surface area contributed by atoms with Gasteiger partial charge in [0.05, 0.1) is 0 Å². The molecule has 5 nitrogen and oxygen atoms in total. The molecule has 0 fully saturated rings. The first-order chi connectivity index (χ1) is 7.58. The number of nitrogens with two attached hydrogens (primary N) is 2. The molecule has 0 aliphatic carbocycles. The average Bonchev–Trinajstić information content (AvgIpc) is 2.20. The molecule has 0 spiro atoms. The predicted molar refractivity (Wildman–Crippen MR) is 66.5 cm³/mol. The summed E-state index contributed by atoms with van der Waals surface area (Å²) in [6.07, 6.45) is 0. The average molecular weight is 280 g/mol. The fraction of sp³-hybridized carbons (Fsp3) is 0.100. The van der Waals surface area contributed by atoms with E-state index in [-0.39, 0.29) is 11.9 Å². The number of benzene rings is 1. The minimum Gasteiger partial charge on any atom is -0.368 e. The van der Waals surface area contributed by atoms with Crippen molar-refractivity contribution in [3.8, 4) is 11.4 Å². The lowest BCUT2D eigenvalue weighted by Crippen LogP contribution is -2.04. The monoisotopic (exact) mass is 279 g/mol. The highest BCUT2D eigenvalue weighted by atomic mass is 79.9. The molecule has 1 aromatic carbocycles. The molecule has 6 heteroatoms. The standard InChI is InChI=1S/C10H10BrN5/c1-5-3-2-4-6(7(5)11)8-14-9(12)16-10(13)15-8/h2-4H,1H3,(H4,12,13,14,15,16). The Morgan fingerprint density at radius 3 is 2.31 bits per heavy atom. The van der Waals surface area contributed by atoms with Crippen LogP contribution in [0.4, 0.5) is 11.9 Å². The summed E-state index contributed by atoms with van der Waals surface area (Å²) < 4.78 is 0.931. The van der Waals surface area contributed by atoms with Gasteiger partial charge in [-0.05, 0) is 28.4 Å². The lowest BCUT2D eigenvalue weighted by atomic mass is 10.1. The molecule has 0 saturated carbocycles. The predicted octanol–water partition coefficient (Wildman–Crippen LogP) is 1.77. The van der Waals surface area contributed by atoms with Crippen LogP contribution in [-0.2, 0) is 0 Å². The van der Waals surface area contributed by atoms with Crippen LogP contribution in [0.1, 0.15) is 5.56 Å². The summed E-state index contributed by atoms with van der Waals surface area (Å²) in [5, 5.41) is 0. The van der Waals surface area contributed by atoms with Crippen LogP contribution in [0.2, 0.25) is 0 Å². The fourth-order valence-corrected chi connectivity index (χ4v) is 1.79. The molecule has 1 aromatic heterocycles. The second kappa shape index (κ2) is 4.05. The summed E-state index contributed by atoms with van der Waals surface area (Å²) in [6, 6.07) is 5.80. The van der Waals surface area contributed by atoms with Gasteiger partial charge in [0.1, 0.15) is 0 Å². The Morgan fingerprint density at radius 2 is 1.69 bits per heavy atom. The van der Waals surface area contributed by atoms with E-state index < -0.39 is 0 Å². The smallest absolute Gasteiger partial charge is 0.225 e. The van der Waals surface area contributed by atoms with Gasteiger partial charge >= 0.3 is 0 Å². The van der Waals surface area contributed by atoms with E-state index in [4.69, 9.17) is 11.5 Å². The van der Waals surface area contributed by atoms with Gasteiger partial charge in [-0.3, -0.25) is 0 Å². The number of nitrogens with zero attached hydrogens (tertiary/aromatic N) is 3. The number of aryl methyl sites for hydroxylation is 1. The molecule has 0 bridgehead atoms. The van der Waals surface area contributed by atoms with E-state index in [1.165, 1.54) is 0 Å². The minimum absolute atomic E-state index is 0.121. The second-order valence-electron chi connectivity index (χ2n) is 3.31. The van der Waals surface area contributed by atoms with Crippen LogP contribution in [0.25, 0.3) is 11.4 Å². The van der Waals surface area contributed by atoms with E-state index in [9.17, 15) is 0 Å². The third-order valence-corrected chi connectivity index (χ3v) is 3.16. The normalized spacial score (nSPS) is 10.4. The quantitative estimate of drug-likeness (QED) is 0.830. The van der Waals surface area contributed by atoms with E-state index in [0.717, 1.165) is 15.6 Å². The SMILES string of the molecule is Cc1cccc(-c2nc(N)nc(N)n2)c1Br. The number of hydrogen-bond donors (Lipinski definition) is 2. The Hall–Kier alpha value is -1.69. The largest absolute Gasteiger partial charge is 0.368 e. The van der Waals surface area contributed by atoms with Gasteiger partial charge in [0.15, 0.2) is 5.82 Å². The molecular formula is C10H10BrN5. The number of nitrogen functional groups attached to an aromatic ring is 2. The molecule has 0 aliphatic heterocycles. The maximum Gasteiger partial charge on any atom is 0.225 e. The van der Waals surface area contributed by atoms with Crippen molar-refractivity contribution in [2.75, 3.05) is 11.5 Å². The van der Waals surface area contributed by atoms with Crippen molar-refractivity contribution in [1.82, 2.24) is 15.0 Å². The highest BCUT2D eigenvalue weighted by Gasteiger charge is 2.09. The van der Waals surface area contributed by atoms with Gasteiger partial charge in [0, 0.05) is 10.0 Å². The lowest BCUT2D eigenvalue weighted by molar-refractivity contribution is 1.08. The molecule has 0 atom stereocenters. The highest BCUT2D eigenvalue weighted by molar-refractivity contribution is 9.10. The Morgan fingerprint density at radius 1 is 1.06 bits per heavy atom. The first-order valence-corrected chi connectivity index (χ1v) is 5.39. The lowest BCUT2D eigenvalue weighted by Gasteiger charge is -2.06. The van der Waals surface area contributed by atoms with E-state index in [1.54, 1.807) is 0 Å². The van der Waals surface area contributed by atoms with Crippen molar-refractivity contribution >= 4 is 27.8 Å². The molecule has 4 N–H and O–H groups in total. The minimum atomic E-state index is 0.121. The van der Waals surface area contributed by atoms with Gasteiger partial charge in [-0.2, -0.15) is 15.0 Å². The van der Waals surface area contributed by atoms with Crippen LogP contribution in [-0.4, -0.2) is 15.0 Å². The highest BCUT2D eigenvalue weighted by Crippen LogP contribution is 2.28. The molecule has 0 radical (unpaired) electrons. The van der Waals surface area contributed by atoms with E-state index in [2.05, 4.69) is 30.9 Å². The Labute approximate surface area is 101 Å². The first kappa shape index (κ1) is 10.8. The van der Waals surface area contributed by atoms with Gasteiger partial charge in [0.2, 0.25) is 11.9 Å². The third kappa shape index (κ3) is 1.96. The van der Waals surface area contributed by atoms with E-state index in [0.29, 0.717) is 5.82 Å². The Balaban J connectivity index is 2.63. The zero-order chi connectivity index (χ0) is 11.7.